The van der Waals surface area contributed by atoms with E-state index in [0.717, 1.165) is 32.1 Å². The van der Waals surface area contributed by atoms with Crippen molar-refractivity contribution in [2.45, 2.75) is 70.9 Å². The van der Waals surface area contributed by atoms with Gasteiger partial charge in [-0.25, -0.2) is 9.59 Å². The van der Waals surface area contributed by atoms with E-state index in [1.807, 2.05) is 13.8 Å². The molecule has 1 heterocycles. The zero-order valence-electron chi connectivity index (χ0n) is 18.6. The molecule has 1 aromatic carbocycles. The van der Waals surface area contributed by atoms with Crippen molar-refractivity contribution in [3.63, 3.8) is 0 Å². The van der Waals surface area contributed by atoms with Gasteiger partial charge in [-0.2, -0.15) is 0 Å². The van der Waals surface area contributed by atoms with Crippen LogP contribution in [-0.4, -0.2) is 48.0 Å². The van der Waals surface area contributed by atoms with E-state index in [4.69, 9.17) is 0 Å². The van der Waals surface area contributed by atoms with E-state index in [-0.39, 0.29) is 36.0 Å². The van der Waals surface area contributed by atoms with Crippen molar-refractivity contribution in [2.24, 2.45) is 5.92 Å². The molecule has 1 saturated carbocycles. The van der Waals surface area contributed by atoms with Gasteiger partial charge >= 0.3 is 12.1 Å². The zero-order valence-corrected chi connectivity index (χ0v) is 18.6. The number of amides is 5. The Hall–Kier alpha value is -2.77. The van der Waals surface area contributed by atoms with Gasteiger partial charge < -0.3 is 26.2 Å². The van der Waals surface area contributed by atoms with Crippen LogP contribution in [0.3, 0.4) is 0 Å². The van der Waals surface area contributed by atoms with Crippen LogP contribution in [0, 0.1) is 5.92 Å². The maximum atomic E-state index is 12.7. The highest BCUT2D eigenvalue weighted by Crippen LogP contribution is 2.20. The summed E-state index contributed by atoms with van der Waals surface area (Å²) in [6, 6.07) is 7.06. The number of urea groups is 2. The minimum absolute atomic E-state index is 0.0261. The summed E-state index contributed by atoms with van der Waals surface area (Å²) >= 11 is 0. The first kappa shape index (κ1) is 22.9. The standard InChI is InChI=1S/C23H35N5O3/c1-3-16(2)24-21(29)17-7-6-14-28(15-17)23(31)27-20-12-10-19(11-13-20)26-22(30)25-18-8-4-5-9-18/h10-13,16-18H,3-9,14-15H2,1-2H3,(H,24,29)(H,27,31)(H2,25,26,30)/t16-,17+/m0/s1. The summed E-state index contributed by atoms with van der Waals surface area (Å²) in [5, 5.41) is 11.7. The number of anilines is 2. The van der Waals surface area contributed by atoms with Crippen LogP contribution < -0.4 is 21.3 Å². The molecule has 31 heavy (non-hydrogen) atoms. The lowest BCUT2D eigenvalue weighted by Crippen LogP contribution is -2.48. The number of rotatable bonds is 6. The molecule has 170 valence electrons. The molecule has 2 atom stereocenters. The van der Waals surface area contributed by atoms with Gasteiger partial charge in [-0.15, -0.1) is 0 Å². The maximum Gasteiger partial charge on any atom is 0.321 e. The average molecular weight is 430 g/mol. The second kappa shape index (κ2) is 11.0. The topological polar surface area (TPSA) is 103 Å². The molecule has 0 aromatic heterocycles. The third kappa shape index (κ3) is 6.87. The Kier molecular flexibility index (Phi) is 8.14. The predicted molar refractivity (Wildman–Crippen MR) is 122 cm³/mol. The Balaban J connectivity index is 1.47. The Labute approximate surface area is 184 Å². The van der Waals surface area contributed by atoms with Crippen LogP contribution in [0.15, 0.2) is 24.3 Å². The molecule has 0 unspecified atom stereocenters. The Morgan fingerprint density at radius 3 is 2.29 bits per heavy atom. The number of nitrogens with one attached hydrogen (secondary N) is 4. The highest BCUT2D eigenvalue weighted by atomic mass is 16.2. The number of benzene rings is 1. The normalized spacial score (nSPS) is 20.1. The van der Waals surface area contributed by atoms with Crippen molar-refractivity contribution < 1.29 is 14.4 Å². The molecule has 4 N–H and O–H groups in total. The summed E-state index contributed by atoms with van der Waals surface area (Å²) in [6.07, 6.45) is 6.90. The molecular formula is C23H35N5O3. The molecular weight excluding hydrogens is 394 g/mol. The van der Waals surface area contributed by atoms with Gasteiger partial charge in [0.1, 0.15) is 0 Å². The molecule has 8 nitrogen and oxygen atoms in total. The van der Waals surface area contributed by atoms with Gasteiger partial charge in [0.15, 0.2) is 0 Å². The number of likely N-dealkylation sites (tertiary alicyclic amines) is 1. The predicted octanol–water partition coefficient (Wildman–Crippen LogP) is 3.91. The van der Waals surface area contributed by atoms with Crippen LogP contribution in [0.1, 0.15) is 58.8 Å². The lowest BCUT2D eigenvalue weighted by molar-refractivity contribution is -0.126. The minimum atomic E-state index is -0.208. The zero-order chi connectivity index (χ0) is 22.2. The third-order valence-corrected chi connectivity index (χ3v) is 6.16. The lowest BCUT2D eigenvalue weighted by atomic mass is 9.97. The molecule has 1 aliphatic carbocycles. The van der Waals surface area contributed by atoms with E-state index >= 15 is 0 Å². The second-order valence-electron chi connectivity index (χ2n) is 8.69. The van der Waals surface area contributed by atoms with Crippen molar-refractivity contribution >= 4 is 29.3 Å². The quantitative estimate of drug-likeness (QED) is 0.551. The Bertz CT molecular complexity index is 761. The van der Waals surface area contributed by atoms with Gasteiger partial charge in [-0.1, -0.05) is 19.8 Å². The summed E-state index contributed by atoms with van der Waals surface area (Å²) < 4.78 is 0. The van der Waals surface area contributed by atoms with Crippen LogP contribution in [0.25, 0.3) is 0 Å². The van der Waals surface area contributed by atoms with E-state index in [9.17, 15) is 14.4 Å². The second-order valence-corrected chi connectivity index (χ2v) is 8.69. The molecule has 8 heteroatoms. The summed E-state index contributed by atoms with van der Waals surface area (Å²) in [7, 11) is 0. The van der Waals surface area contributed by atoms with Crippen molar-refractivity contribution in [2.75, 3.05) is 23.7 Å². The molecule has 0 radical (unpaired) electrons. The monoisotopic (exact) mass is 429 g/mol. The van der Waals surface area contributed by atoms with Crippen LogP contribution >= 0.6 is 0 Å². The van der Waals surface area contributed by atoms with Crippen LogP contribution in [0.2, 0.25) is 0 Å². The average Bonchev–Trinajstić information content (AvgIpc) is 3.28. The fourth-order valence-corrected chi connectivity index (χ4v) is 4.10. The van der Waals surface area contributed by atoms with Crippen LogP contribution in [0.5, 0.6) is 0 Å². The molecule has 1 saturated heterocycles. The first-order valence-corrected chi connectivity index (χ1v) is 11.5. The SMILES string of the molecule is CC[C@H](C)NC(=O)[C@@H]1CCCN(C(=O)Nc2ccc(NC(=O)NC3CCCC3)cc2)C1. The maximum absolute atomic E-state index is 12.7. The Morgan fingerprint density at radius 2 is 1.65 bits per heavy atom. The number of hydrogen-bond donors (Lipinski definition) is 4. The van der Waals surface area contributed by atoms with Gasteiger partial charge in [0.2, 0.25) is 5.91 Å². The van der Waals surface area contributed by atoms with Crippen molar-refractivity contribution in [1.29, 1.82) is 0 Å². The van der Waals surface area contributed by atoms with E-state index in [0.29, 0.717) is 24.5 Å². The molecule has 2 aliphatic rings. The third-order valence-electron chi connectivity index (χ3n) is 6.16. The summed E-state index contributed by atoms with van der Waals surface area (Å²) in [5.41, 5.74) is 1.33. The van der Waals surface area contributed by atoms with Gasteiger partial charge in [0.05, 0.1) is 5.92 Å². The Morgan fingerprint density at radius 1 is 1.00 bits per heavy atom. The van der Waals surface area contributed by atoms with E-state index < -0.39 is 0 Å². The molecule has 2 fully saturated rings. The largest absolute Gasteiger partial charge is 0.353 e. The highest BCUT2D eigenvalue weighted by molar-refractivity contribution is 5.92. The number of nitrogens with zero attached hydrogens (tertiary/aromatic N) is 1. The van der Waals surface area contributed by atoms with E-state index in [2.05, 4.69) is 21.3 Å². The molecule has 3 rings (SSSR count). The molecule has 1 aliphatic heterocycles. The number of carbonyl (C=O) groups is 3. The van der Waals surface area contributed by atoms with Gasteiger partial charge in [0, 0.05) is 36.5 Å². The van der Waals surface area contributed by atoms with Crippen molar-refractivity contribution in [3.05, 3.63) is 24.3 Å². The summed E-state index contributed by atoms with van der Waals surface area (Å²) in [6.45, 7) is 5.09. The van der Waals surface area contributed by atoms with E-state index in [1.165, 1.54) is 12.8 Å². The fraction of sp³-hybridized carbons (Fsp3) is 0.609. The van der Waals surface area contributed by atoms with Gasteiger partial charge in [0.25, 0.3) is 0 Å². The van der Waals surface area contributed by atoms with Gasteiger partial charge in [-0.05, 0) is 63.3 Å². The lowest BCUT2D eigenvalue weighted by Gasteiger charge is -2.32. The summed E-state index contributed by atoms with van der Waals surface area (Å²) in [5.74, 6) is -0.142. The van der Waals surface area contributed by atoms with Crippen molar-refractivity contribution in [1.82, 2.24) is 15.5 Å². The number of piperidine rings is 1. The molecule has 0 spiro atoms. The van der Waals surface area contributed by atoms with Crippen LogP contribution in [-0.2, 0) is 4.79 Å². The fourth-order valence-electron chi connectivity index (χ4n) is 4.10. The van der Waals surface area contributed by atoms with Crippen molar-refractivity contribution in [3.8, 4) is 0 Å². The molecule has 5 amide bonds. The molecule has 0 bridgehead atoms. The smallest absolute Gasteiger partial charge is 0.321 e. The number of hydrogen-bond acceptors (Lipinski definition) is 3. The molecule has 1 aromatic rings. The number of carbonyl (C=O) groups excluding carboxylic acids is 3. The summed E-state index contributed by atoms with van der Waals surface area (Å²) in [4.78, 5) is 38.9. The minimum Gasteiger partial charge on any atom is -0.353 e. The van der Waals surface area contributed by atoms with Gasteiger partial charge in [-0.3, -0.25) is 4.79 Å². The van der Waals surface area contributed by atoms with Crippen LogP contribution in [0.4, 0.5) is 21.0 Å². The van der Waals surface area contributed by atoms with E-state index in [1.54, 1.807) is 29.2 Å². The first-order chi connectivity index (χ1) is 14.9. The highest BCUT2D eigenvalue weighted by Gasteiger charge is 2.29. The first-order valence-electron chi connectivity index (χ1n) is 11.5.